The molecule has 0 bridgehead atoms. The highest BCUT2D eigenvalue weighted by Gasteiger charge is 2.49. The number of aliphatic hydroxyl groups is 1. The van der Waals surface area contributed by atoms with Crippen LogP contribution in [0.25, 0.3) is 0 Å². The Hall–Kier alpha value is -2.30. The minimum Gasteiger partial charge on any atom is -0.493 e. The number of carbonyl (C=O) groups excluding carboxylic acids is 1. The quantitative estimate of drug-likeness (QED) is 0.714. The Morgan fingerprint density at radius 2 is 2.21 bits per heavy atom. The topological polar surface area (TPSA) is 86.0 Å². The molecule has 2 saturated heterocycles. The lowest BCUT2D eigenvalue weighted by molar-refractivity contribution is -0.130. The van der Waals surface area contributed by atoms with Crippen molar-refractivity contribution in [3.05, 3.63) is 23.8 Å². The van der Waals surface area contributed by atoms with E-state index in [1.165, 1.54) is 7.11 Å². The van der Waals surface area contributed by atoms with E-state index in [4.69, 9.17) is 14.7 Å². The first kappa shape index (κ1) is 20.4. The van der Waals surface area contributed by atoms with Gasteiger partial charge in [0, 0.05) is 37.5 Å². The molecule has 2 atom stereocenters. The first-order chi connectivity index (χ1) is 13.5. The fourth-order valence-electron chi connectivity index (χ4n) is 4.32. The van der Waals surface area contributed by atoms with Crippen molar-refractivity contribution in [1.82, 2.24) is 9.80 Å². The standard InChI is InChI=1S/C21H29N3O4/c1-23-8-7-21(15-25)14-24(13-17(21)12-23)20(26)4-3-9-28-18-6-5-16(11-22)10-19(18)27-2/h5-6,10,17,25H,3-4,7-9,12-15H2,1-2H3/t17-,21+/m0/s1. The molecule has 28 heavy (non-hydrogen) atoms. The number of methoxy groups -OCH3 is 1. The minimum atomic E-state index is -0.130. The van der Waals surface area contributed by atoms with Gasteiger partial charge in [-0.05, 0) is 44.5 Å². The van der Waals surface area contributed by atoms with Crippen LogP contribution in [0.2, 0.25) is 0 Å². The van der Waals surface area contributed by atoms with Gasteiger partial charge in [-0.15, -0.1) is 0 Å². The van der Waals surface area contributed by atoms with Crippen LogP contribution in [0.5, 0.6) is 11.5 Å². The van der Waals surface area contributed by atoms with Gasteiger partial charge in [0.1, 0.15) is 0 Å². The second-order valence-corrected chi connectivity index (χ2v) is 7.93. The number of carbonyl (C=O) groups is 1. The van der Waals surface area contributed by atoms with Crippen LogP contribution >= 0.6 is 0 Å². The Kier molecular flexibility index (Phi) is 6.42. The van der Waals surface area contributed by atoms with E-state index >= 15 is 0 Å². The number of fused-ring (bicyclic) bond motifs is 1. The van der Waals surface area contributed by atoms with Crippen molar-refractivity contribution in [2.75, 3.05) is 53.6 Å². The molecule has 1 aromatic rings. The third-order valence-corrected chi connectivity index (χ3v) is 6.09. The highest BCUT2D eigenvalue weighted by Crippen LogP contribution is 2.42. The largest absolute Gasteiger partial charge is 0.493 e. The molecule has 0 aliphatic carbocycles. The minimum absolute atomic E-state index is 0.125. The summed E-state index contributed by atoms with van der Waals surface area (Å²) < 4.78 is 11.0. The van der Waals surface area contributed by atoms with E-state index in [0.717, 1.165) is 26.1 Å². The molecule has 0 saturated carbocycles. The van der Waals surface area contributed by atoms with E-state index in [1.807, 2.05) is 4.90 Å². The molecule has 0 aromatic heterocycles. The fourth-order valence-corrected chi connectivity index (χ4v) is 4.32. The fraction of sp³-hybridized carbons (Fsp3) is 0.619. The van der Waals surface area contributed by atoms with Crippen LogP contribution in [0.15, 0.2) is 18.2 Å². The molecular weight excluding hydrogens is 358 g/mol. The summed E-state index contributed by atoms with van der Waals surface area (Å²) >= 11 is 0. The van der Waals surface area contributed by atoms with Crippen molar-refractivity contribution in [2.24, 2.45) is 11.3 Å². The van der Waals surface area contributed by atoms with Crippen molar-refractivity contribution < 1.29 is 19.4 Å². The van der Waals surface area contributed by atoms with Crippen molar-refractivity contribution in [3.63, 3.8) is 0 Å². The Morgan fingerprint density at radius 3 is 2.93 bits per heavy atom. The van der Waals surface area contributed by atoms with Crippen LogP contribution < -0.4 is 9.47 Å². The maximum atomic E-state index is 12.7. The lowest BCUT2D eigenvalue weighted by Gasteiger charge is -2.40. The molecule has 2 aliphatic heterocycles. The molecule has 152 valence electrons. The third-order valence-electron chi connectivity index (χ3n) is 6.09. The molecule has 2 aliphatic rings. The van der Waals surface area contributed by atoms with Gasteiger partial charge in [0.2, 0.25) is 5.91 Å². The molecule has 1 N–H and O–H groups in total. The van der Waals surface area contributed by atoms with Crippen molar-refractivity contribution in [3.8, 4) is 17.6 Å². The van der Waals surface area contributed by atoms with Gasteiger partial charge in [-0.25, -0.2) is 0 Å². The molecule has 0 unspecified atom stereocenters. The maximum absolute atomic E-state index is 12.7. The van der Waals surface area contributed by atoms with Crippen LogP contribution in [-0.2, 0) is 4.79 Å². The molecule has 3 rings (SSSR count). The van der Waals surface area contributed by atoms with Crippen LogP contribution in [0.4, 0.5) is 0 Å². The SMILES string of the molecule is COc1cc(C#N)ccc1OCCCC(=O)N1C[C@@H]2CN(C)CC[C@]2(CO)C1. The summed E-state index contributed by atoms with van der Waals surface area (Å²) in [6.07, 6.45) is 1.97. The van der Waals surface area contributed by atoms with Gasteiger partial charge in [0.05, 0.1) is 32.0 Å². The van der Waals surface area contributed by atoms with E-state index < -0.39 is 0 Å². The maximum Gasteiger partial charge on any atom is 0.222 e. The van der Waals surface area contributed by atoms with Crippen LogP contribution in [-0.4, -0.2) is 74.4 Å². The van der Waals surface area contributed by atoms with E-state index in [1.54, 1.807) is 18.2 Å². The lowest BCUT2D eigenvalue weighted by Crippen LogP contribution is -2.47. The average Bonchev–Trinajstić information content (AvgIpc) is 3.10. The van der Waals surface area contributed by atoms with Gasteiger partial charge in [-0.3, -0.25) is 4.79 Å². The molecule has 0 radical (unpaired) electrons. The van der Waals surface area contributed by atoms with E-state index in [-0.39, 0.29) is 17.9 Å². The Morgan fingerprint density at radius 1 is 1.39 bits per heavy atom. The Balaban J connectivity index is 1.48. The number of piperidine rings is 1. The molecule has 7 heteroatoms. The highest BCUT2D eigenvalue weighted by atomic mass is 16.5. The first-order valence-corrected chi connectivity index (χ1v) is 9.79. The Bertz CT molecular complexity index is 748. The predicted octanol–water partition coefficient (Wildman–Crippen LogP) is 1.50. The summed E-state index contributed by atoms with van der Waals surface area (Å²) in [5.41, 5.74) is 0.382. The van der Waals surface area contributed by atoms with Crippen LogP contribution in [0.1, 0.15) is 24.8 Å². The zero-order valence-electron chi connectivity index (χ0n) is 16.7. The number of aliphatic hydroxyl groups excluding tert-OH is 1. The summed E-state index contributed by atoms with van der Waals surface area (Å²) in [6.45, 7) is 3.85. The zero-order chi connectivity index (χ0) is 20.1. The normalized spacial score (nSPS) is 24.5. The molecule has 0 spiro atoms. The number of ether oxygens (including phenoxy) is 2. The van der Waals surface area contributed by atoms with Gasteiger partial charge < -0.3 is 24.4 Å². The van der Waals surface area contributed by atoms with Crippen LogP contribution in [0.3, 0.4) is 0 Å². The number of rotatable bonds is 7. The second kappa shape index (κ2) is 8.80. The molecule has 2 fully saturated rings. The lowest BCUT2D eigenvalue weighted by atomic mass is 9.73. The smallest absolute Gasteiger partial charge is 0.222 e. The highest BCUT2D eigenvalue weighted by molar-refractivity contribution is 5.76. The van der Waals surface area contributed by atoms with Gasteiger partial charge in [-0.1, -0.05) is 0 Å². The third kappa shape index (κ3) is 4.23. The number of hydrogen-bond donors (Lipinski definition) is 1. The molecule has 2 heterocycles. The molecule has 1 aromatic carbocycles. The van der Waals surface area contributed by atoms with Gasteiger partial charge in [-0.2, -0.15) is 5.26 Å². The number of hydrogen-bond acceptors (Lipinski definition) is 6. The molecule has 1 amide bonds. The number of likely N-dealkylation sites (tertiary alicyclic amines) is 2. The number of amides is 1. The summed E-state index contributed by atoms with van der Waals surface area (Å²) in [6, 6.07) is 7.10. The van der Waals surface area contributed by atoms with Gasteiger partial charge >= 0.3 is 0 Å². The van der Waals surface area contributed by atoms with E-state index in [9.17, 15) is 9.90 Å². The van der Waals surface area contributed by atoms with Crippen molar-refractivity contribution in [2.45, 2.75) is 19.3 Å². The summed E-state index contributed by atoms with van der Waals surface area (Å²) in [5.74, 6) is 1.56. The molecule has 7 nitrogen and oxygen atoms in total. The molecular formula is C21H29N3O4. The van der Waals surface area contributed by atoms with Crippen LogP contribution in [0, 0.1) is 22.7 Å². The number of benzene rings is 1. The second-order valence-electron chi connectivity index (χ2n) is 7.93. The van der Waals surface area contributed by atoms with Crippen molar-refractivity contribution >= 4 is 5.91 Å². The average molecular weight is 387 g/mol. The van der Waals surface area contributed by atoms with E-state index in [0.29, 0.717) is 49.0 Å². The zero-order valence-corrected chi connectivity index (χ0v) is 16.7. The summed E-state index contributed by atoms with van der Waals surface area (Å²) in [7, 11) is 3.63. The monoisotopic (exact) mass is 387 g/mol. The van der Waals surface area contributed by atoms with Crippen molar-refractivity contribution in [1.29, 1.82) is 5.26 Å². The van der Waals surface area contributed by atoms with E-state index in [2.05, 4.69) is 18.0 Å². The summed E-state index contributed by atoms with van der Waals surface area (Å²) in [4.78, 5) is 16.9. The number of nitrogens with zero attached hydrogens (tertiary/aromatic N) is 3. The van der Waals surface area contributed by atoms with Gasteiger partial charge in [0.15, 0.2) is 11.5 Å². The first-order valence-electron chi connectivity index (χ1n) is 9.79. The predicted molar refractivity (Wildman–Crippen MR) is 104 cm³/mol. The number of nitriles is 1. The van der Waals surface area contributed by atoms with Gasteiger partial charge in [0.25, 0.3) is 0 Å². The Labute approximate surface area is 166 Å². The summed E-state index contributed by atoms with van der Waals surface area (Å²) in [5, 5.41) is 18.9.